The minimum absolute atomic E-state index is 0.913. The summed E-state index contributed by atoms with van der Waals surface area (Å²) in [6, 6.07) is 2.18. The van der Waals surface area contributed by atoms with Gasteiger partial charge < -0.3 is 10.2 Å². The van der Waals surface area contributed by atoms with E-state index in [-0.39, 0.29) is 0 Å². The molecule has 116 valence electrons. The first kappa shape index (κ1) is 16.9. The van der Waals surface area contributed by atoms with Gasteiger partial charge in [0.15, 0.2) is 5.13 Å². The lowest BCUT2D eigenvalue weighted by atomic mass is 10.2. The number of thiophene rings is 1. The van der Waals surface area contributed by atoms with Crippen LogP contribution < -0.4 is 10.2 Å². The average Bonchev–Trinajstić information content (AvgIpc) is 3.04. The smallest absolute Gasteiger partial charge is 0.185 e. The number of aromatic nitrogens is 1. The van der Waals surface area contributed by atoms with E-state index < -0.39 is 0 Å². The molecular formula is C15H22BrN3S2. The topological polar surface area (TPSA) is 28.2 Å². The Kier molecular flexibility index (Phi) is 6.67. The Morgan fingerprint density at radius 3 is 2.81 bits per heavy atom. The van der Waals surface area contributed by atoms with Crippen molar-refractivity contribution in [1.29, 1.82) is 0 Å². The van der Waals surface area contributed by atoms with Crippen molar-refractivity contribution >= 4 is 43.7 Å². The summed E-state index contributed by atoms with van der Waals surface area (Å²) < 4.78 is 1.16. The van der Waals surface area contributed by atoms with Crippen LogP contribution in [0.25, 0.3) is 0 Å². The van der Waals surface area contributed by atoms with E-state index in [2.05, 4.69) is 58.5 Å². The molecule has 0 aliphatic carbocycles. The predicted molar refractivity (Wildman–Crippen MR) is 97.6 cm³/mol. The second-order valence-electron chi connectivity index (χ2n) is 4.98. The lowest BCUT2D eigenvalue weighted by Crippen LogP contribution is -2.15. The van der Waals surface area contributed by atoms with E-state index in [9.17, 15) is 0 Å². The quantitative estimate of drug-likeness (QED) is 0.713. The zero-order valence-corrected chi connectivity index (χ0v) is 16.0. The van der Waals surface area contributed by atoms with Crippen molar-refractivity contribution in [1.82, 2.24) is 10.3 Å². The van der Waals surface area contributed by atoms with Gasteiger partial charge in [-0.1, -0.05) is 20.3 Å². The number of thiazole rings is 1. The van der Waals surface area contributed by atoms with Gasteiger partial charge in [0, 0.05) is 33.2 Å². The molecule has 0 spiro atoms. The normalized spacial score (nSPS) is 11.0. The van der Waals surface area contributed by atoms with Crippen LogP contribution in [0.5, 0.6) is 0 Å². The number of hydrogen-bond acceptors (Lipinski definition) is 5. The molecule has 0 fully saturated rings. The standard InChI is InChI=1S/C15H22BrN3S2/c1-4-6-13-14(8-17-5-2)21-15(18-13)19(3)9-12-7-11(16)10-20-12/h7,10,17H,4-6,8-9H2,1-3H3. The maximum absolute atomic E-state index is 4.85. The van der Waals surface area contributed by atoms with Crippen molar-refractivity contribution in [2.45, 2.75) is 39.8 Å². The Hall–Kier alpha value is -0.430. The van der Waals surface area contributed by atoms with Crippen LogP contribution in [0.1, 0.15) is 35.7 Å². The molecule has 0 aliphatic heterocycles. The van der Waals surface area contributed by atoms with Crippen LogP contribution in [0.3, 0.4) is 0 Å². The van der Waals surface area contributed by atoms with Crippen molar-refractivity contribution in [3.05, 3.63) is 31.4 Å². The van der Waals surface area contributed by atoms with Crippen molar-refractivity contribution in [3.63, 3.8) is 0 Å². The van der Waals surface area contributed by atoms with E-state index >= 15 is 0 Å². The zero-order chi connectivity index (χ0) is 15.2. The van der Waals surface area contributed by atoms with Crippen LogP contribution in [0.4, 0.5) is 5.13 Å². The second kappa shape index (κ2) is 8.27. The van der Waals surface area contributed by atoms with Crippen LogP contribution in [-0.4, -0.2) is 18.6 Å². The Morgan fingerprint density at radius 2 is 2.19 bits per heavy atom. The van der Waals surface area contributed by atoms with Crippen LogP contribution in [-0.2, 0) is 19.5 Å². The minimum atomic E-state index is 0.913. The molecule has 2 aromatic heterocycles. The fraction of sp³-hybridized carbons (Fsp3) is 0.533. The third-order valence-corrected chi connectivity index (χ3v) is 6.02. The molecule has 0 saturated carbocycles. The van der Waals surface area contributed by atoms with Gasteiger partial charge in [-0.3, -0.25) is 0 Å². The van der Waals surface area contributed by atoms with Gasteiger partial charge in [-0.2, -0.15) is 0 Å². The highest BCUT2D eigenvalue weighted by molar-refractivity contribution is 9.10. The van der Waals surface area contributed by atoms with Crippen LogP contribution in [0.2, 0.25) is 0 Å². The summed E-state index contributed by atoms with van der Waals surface area (Å²) in [6.07, 6.45) is 2.21. The van der Waals surface area contributed by atoms with Gasteiger partial charge in [0.25, 0.3) is 0 Å². The van der Waals surface area contributed by atoms with Crippen molar-refractivity contribution < 1.29 is 0 Å². The van der Waals surface area contributed by atoms with E-state index in [4.69, 9.17) is 4.98 Å². The summed E-state index contributed by atoms with van der Waals surface area (Å²) in [4.78, 5) is 9.83. The zero-order valence-electron chi connectivity index (χ0n) is 12.8. The molecule has 2 heterocycles. The van der Waals surface area contributed by atoms with Crippen molar-refractivity contribution in [3.8, 4) is 0 Å². The average molecular weight is 388 g/mol. The highest BCUT2D eigenvalue weighted by atomic mass is 79.9. The van der Waals surface area contributed by atoms with E-state index in [1.54, 1.807) is 11.3 Å². The molecule has 0 atom stereocenters. The van der Waals surface area contributed by atoms with E-state index in [1.165, 1.54) is 15.4 Å². The Morgan fingerprint density at radius 1 is 1.38 bits per heavy atom. The summed E-state index contributed by atoms with van der Waals surface area (Å²) in [7, 11) is 2.12. The largest absolute Gasteiger partial charge is 0.346 e. The molecular weight excluding hydrogens is 366 g/mol. The van der Waals surface area contributed by atoms with Crippen LogP contribution >= 0.6 is 38.6 Å². The third kappa shape index (κ3) is 4.77. The number of rotatable bonds is 8. The van der Waals surface area contributed by atoms with Gasteiger partial charge in [-0.05, 0) is 35.0 Å². The Bertz CT molecular complexity index is 565. The first-order valence-corrected chi connectivity index (χ1v) is 9.76. The lowest BCUT2D eigenvalue weighted by molar-refractivity contribution is 0.723. The molecule has 0 bridgehead atoms. The number of hydrogen-bond donors (Lipinski definition) is 1. The minimum Gasteiger partial charge on any atom is -0.346 e. The molecule has 2 rings (SSSR count). The third-order valence-electron chi connectivity index (χ3n) is 3.13. The van der Waals surface area contributed by atoms with Gasteiger partial charge in [0.1, 0.15) is 0 Å². The van der Waals surface area contributed by atoms with Crippen molar-refractivity contribution in [2.24, 2.45) is 0 Å². The molecule has 3 nitrogen and oxygen atoms in total. The summed E-state index contributed by atoms with van der Waals surface area (Å²) in [6.45, 7) is 7.20. The van der Waals surface area contributed by atoms with Gasteiger partial charge in [-0.25, -0.2) is 4.98 Å². The fourth-order valence-electron chi connectivity index (χ4n) is 2.08. The summed E-state index contributed by atoms with van der Waals surface area (Å²) in [5.41, 5.74) is 1.26. The molecule has 0 radical (unpaired) electrons. The number of nitrogens with zero attached hydrogens (tertiary/aromatic N) is 2. The highest BCUT2D eigenvalue weighted by Gasteiger charge is 2.14. The Balaban J connectivity index is 2.10. The number of aryl methyl sites for hydroxylation is 1. The molecule has 2 aromatic rings. The molecule has 6 heteroatoms. The monoisotopic (exact) mass is 387 g/mol. The van der Waals surface area contributed by atoms with Gasteiger partial charge in [-0.15, -0.1) is 22.7 Å². The van der Waals surface area contributed by atoms with Gasteiger partial charge in [0.2, 0.25) is 0 Å². The highest BCUT2D eigenvalue weighted by Crippen LogP contribution is 2.29. The molecule has 21 heavy (non-hydrogen) atoms. The molecule has 1 N–H and O–H groups in total. The second-order valence-corrected chi connectivity index (χ2v) is 7.96. The van der Waals surface area contributed by atoms with Crippen LogP contribution in [0.15, 0.2) is 15.9 Å². The first-order chi connectivity index (χ1) is 10.1. The van der Waals surface area contributed by atoms with E-state index in [1.807, 2.05) is 11.3 Å². The first-order valence-electron chi connectivity index (χ1n) is 7.27. The van der Waals surface area contributed by atoms with Crippen molar-refractivity contribution in [2.75, 3.05) is 18.5 Å². The SMILES string of the molecule is CCCc1nc(N(C)Cc2cc(Br)cs2)sc1CNCC. The fourth-order valence-corrected chi connectivity index (χ4v) is 4.62. The Labute approximate surface area is 143 Å². The number of nitrogens with one attached hydrogen (secondary N) is 1. The summed E-state index contributed by atoms with van der Waals surface area (Å²) in [5.74, 6) is 0. The van der Waals surface area contributed by atoms with Gasteiger partial charge in [0.05, 0.1) is 12.2 Å². The maximum Gasteiger partial charge on any atom is 0.185 e. The molecule has 0 aliphatic rings. The molecule has 0 saturated heterocycles. The number of halogens is 1. The number of anilines is 1. The van der Waals surface area contributed by atoms with Gasteiger partial charge >= 0.3 is 0 Å². The summed E-state index contributed by atoms with van der Waals surface area (Å²) >= 11 is 7.12. The molecule has 0 amide bonds. The predicted octanol–water partition coefficient (Wildman–Crippen LogP) is 4.67. The lowest BCUT2D eigenvalue weighted by Gasteiger charge is -2.14. The van der Waals surface area contributed by atoms with Crippen LogP contribution in [0, 0.1) is 0 Å². The molecule has 0 unspecified atom stereocenters. The molecule has 0 aromatic carbocycles. The van der Waals surface area contributed by atoms with E-state index in [0.717, 1.165) is 42.1 Å². The summed E-state index contributed by atoms with van der Waals surface area (Å²) in [5, 5.41) is 6.67. The van der Waals surface area contributed by atoms with E-state index in [0.29, 0.717) is 0 Å². The maximum atomic E-state index is 4.85.